The molecule has 1 saturated heterocycles. The van der Waals surface area contributed by atoms with Crippen molar-refractivity contribution < 1.29 is 19.4 Å². The number of carbonyl (C=O) groups is 2. The van der Waals surface area contributed by atoms with Crippen LogP contribution in [0.25, 0.3) is 0 Å². The van der Waals surface area contributed by atoms with Crippen LogP contribution in [-0.4, -0.2) is 48.2 Å². The summed E-state index contributed by atoms with van der Waals surface area (Å²) < 4.78 is 5.13. The van der Waals surface area contributed by atoms with Gasteiger partial charge in [0.05, 0.1) is 18.4 Å². The zero-order valence-corrected chi connectivity index (χ0v) is 10.6. The highest BCUT2D eigenvalue weighted by Crippen LogP contribution is 2.29. The molecule has 5 nitrogen and oxygen atoms in total. The van der Waals surface area contributed by atoms with Gasteiger partial charge >= 0.3 is 5.97 Å². The Balaban J connectivity index is 2.49. The van der Waals surface area contributed by atoms with E-state index in [1.165, 1.54) is 0 Å². The number of amides is 1. The van der Waals surface area contributed by atoms with Gasteiger partial charge in [0.15, 0.2) is 0 Å². The first-order valence-corrected chi connectivity index (χ1v) is 6.08. The molecule has 0 spiro atoms. The van der Waals surface area contributed by atoms with Crippen LogP contribution < -0.4 is 0 Å². The van der Waals surface area contributed by atoms with E-state index >= 15 is 0 Å². The fraction of sp³-hybridized carbons (Fsp3) is 0.833. The molecular formula is C12H21NO4. The summed E-state index contributed by atoms with van der Waals surface area (Å²) in [5, 5.41) is 9.15. The molecule has 1 rings (SSSR count). The van der Waals surface area contributed by atoms with Gasteiger partial charge in [0, 0.05) is 19.7 Å². The second kappa shape index (κ2) is 6.00. The van der Waals surface area contributed by atoms with Crippen molar-refractivity contribution >= 4 is 11.9 Å². The van der Waals surface area contributed by atoms with E-state index in [1.807, 2.05) is 6.92 Å². The Hall–Kier alpha value is -1.10. The molecule has 0 aromatic heterocycles. The Morgan fingerprint density at radius 3 is 2.76 bits per heavy atom. The number of nitrogens with zero attached hydrogens (tertiary/aromatic N) is 1. The molecule has 1 aliphatic rings. The van der Waals surface area contributed by atoms with E-state index in [0.717, 1.165) is 6.42 Å². The summed E-state index contributed by atoms with van der Waals surface area (Å²) in [6, 6.07) is 0. The lowest BCUT2D eigenvalue weighted by molar-refractivity contribution is -0.153. The topological polar surface area (TPSA) is 66.8 Å². The number of hydrogen-bond acceptors (Lipinski definition) is 3. The largest absolute Gasteiger partial charge is 0.481 e. The first-order valence-electron chi connectivity index (χ1n) is 6.08. The highest BCUT2D eigenvalue weighted by atomic mass is 16.5. The molecule has 0 aliphatic carbocycles. The standard InChI is InChI=1S/C12H21NO4/c1-3-17-8-5-10(14)13-7-4-6-12(2,9-13)11(15)16/h3-9H2,1-2H3,(H,15,16). The van der Waals surface area contributed by atoms with Gasteiger partial charge in [-0.25, -0.2) is 0 Å². The van der Waals surface area contributed by atoms with Gasteiger partial charge in [-0.2, -0.15) is 0 Å². The molecule has 1 fully saturated rings. The molecule has 1 heterocycles. The smallest absolute Gasteiger partial charge is 0.311 e. The third kappa shape index (κ3) is 3.70. The summed E-state index contributed by atoms with van der Waals surface area (Å²) in [6.45, 7) is 5.57. The first-order chi connectivity index (χ1) is 7.99. The maximum atomic E-state index is 11.8. The molecule has 0 bridgehead atoms. The highest BCUT2D eigenvalue weighted by molar-refractivity contribution is 5.79. The number of hydrogen-bond donors (Lipinski definition) is 1. The minimum absolute atomic E-state index is 0.00868. The third-order valence-electron chi connectivity index (χ3n) is 3.23. The lowest BCUT2D eigenvalue weighted by atomic mass is 9.82. The molecule has 5 heteroatoms. The number of likely N-dealkylation sites (tertiary alicyclic amines) is 1. The Labute approximate surface area is 102 Å². The molecule has 0 aromatic carbocycles. The third-order valence-corrected chi connectivity index (χ3v) is 3.23. The number of piperidine rings is 1. The summed E-state index contributed by atoms with van der Waals surface area (Å²) in [6.07, 6.45) is 1.73. The van der Waals surface area contributed by atoms with Gasteiger partial charge in [-0.3, -0.25) is 9.59 Å². The lowest BCUT2D eigenvalue weighted by Crippen LogP contribution is -2.48. The first kappa shape index (κ1) is 14.0. The van der Waals surface area contributed by atoms with Crippen LogP contribution in [0.5, 0.6) is 0 Å². The molecule has 1 N–H and O–H groups in total. The van der Waals surface area contributed by atoms with Gasteiger partial charge in [0.25, 0.3) is 0 Å². The summed E-state index contributed by atoms with van der Waals surface area (Å²) in [7, 11) is 0. The molecule has 0 saturated carbocycles. The summed E-state index contributed by atoms with van der Waals surface area (Å²) in [5.41, 5.74) is -0.792. The van der Waals surface area contributed by atoms with Crippen LogP contribution in [-0.2, 0) is 14.3 Å². The van der Waals surface area contributed by atoms with Crippen LogP contribution in [0.4, 0.5) is 0 Å². The van der Waals surface area contributed by atoms with E-state index in [4.69, 9.17) is 9.84 Å². The normalized spacial score (nSPS) is 24.7. The van der Waals surface area contributed by atoms with Crippen molar-refractivity contribution in [1.29, 1.82) is 0 Å². The number of carboxylic acid groups (broad SMARTS) is 1. The van der Waals surface area contributed by atoms with E-state index in [2.05, 4.69) is 0 Å². The van der Waals surface area contributed by atoms with Crippen molar-refractivity contribution in [3.8, 4) is 0 Å². The molecule has 0 aromatic rings. The lowest BCUT2D eigenvalue weighted by Gasteiger charge is -2.37. The van der Waals surface area contributed by atoms with E-state index in [-0.39, 0.29) is 5.91 Å². The van der Waals surface area contributed by atoms with Crippen molar-refractivity contribution in [3.63, 3.8) is 0 Å². The molecule has 0 radical (unpaired) electrons. The zero-order valence-electron chi connectivity index (χ0n) is 10.6. The molecule has 1 aliphatic heterocycles. The predicted octanol–water partition coefficient (Wildman–Crippen LogP) is 1.13. The summed E-state index contributed by atoms with van der Waals surface area (Å²) >= 11 is 0. The monoisotopic (exact) mass is 243 g/mol. The average Bonchev–Trinajstić information content (AvgIpc) is 2.29. The van der Waals surface area contributed by atoms with Gasteiger partial charge in [-0.15, -0.1) is 0 Å². The van der Waals surface area contributed by atoms with E-state index in [0.29, 0.717) is 39.1 Å². The fourth-order valence-corrected chi connectivity index (χ4v) is 2.09. The van der Waals surface area contributed by atoms with Crippen molar-refractivity contribution in [1.82, 2.24) is 4.90 Å². The maximum Gasteiger partial charge on any atom is 0.311 e. The molecular weight excluding hydrogens is 222 g/mol. The van der Waals surface area contributed by atoms with Crippen molar-refractivity contribution in [3.05, 3.63) is 0 Å². The number of ether oxygens (including phenoxy) is 1. The molecule has 17 heavy (non-hydrogen) atoms. The Kier molecular flexibility index (Phi) is 4.93. The maximum absolute atomic E-state index is 11.8. The predicted molar refractivity (Wildman–Crippen MR) is 62.7 cm³/mol. The van der Waals surface area contributed by atoms with Crippen LogP contribution in [0.3, 0.4) is 0 Å². The number of carboxylic acids is 1. The minimum Gasteiger partial charge on any atom is -0.481 e. The van der Waals surface area contributed by atoms with Crippen LogP contribution in [0.2, 0.25) is 0 Å². The second-order valence-electron chi connectivity index (χ2n) is 4.73. The summed E-state index contributed by atoms with van der Waals surface area (Å²) in [4.78, 5) is 24.6. The zero-order chi connectivity index (χ0) is 12.9. The van der Waals surface area contributed by atoms with Gasteiger partial charge in [0.2, 0.25) is 5.91 Å². The van der Waals surface area contributed by atoms with Crippen molar-refractivity contribution in [2.45, 2.75) is 33.1 Å². The highest BCUT2D eigenvalue weighted by Gasteiger charge is 2.39. The quantitative estimate of drug-likeness (QED) is 0.735. The van der Waals surface area contributed by atoms with E-state index in [1.54, 1.807) is 11.8 Å². The average molecular weight is 243 g/mol. The fourth-order valence-electron chi connectivity index (χ4n) is 2.09. The SMILES string of the molecule is CCOCCC(=O)N1CCCC(C)(C(=O)O)C1. The van der Waals surface area contributed by atoms with Gasteiger partial charge in [-0.05, 0) is 26.7 Å². The number of carbonyl (C=O) groups excluding carboxylic acids is 1. The van der Waals surface area contributed by atoms with Gasteiger partial charge in [0.1, 0.15) is 0 Å². The van der Waals surface area contributed by atoms with Crippen LogP contribution in [0.1, 0.15) is 33.1 Å². The van der Waals surface area contributed by atoms with Crippen molar-refractivity contribution in [2.24, 2.45) is 5.41 Å². The molecule has 1 amide bonds. The Bertz CT molecular complexity index is 292. The minimum atomic E-state index is -0.820. The van der Waals surface area contributed by atoms with Crippen molar-refractivity contribution in [2.75, 3.05) is 26.3 Å². The molecule has 1 atom stereocenters. The Morgan fingerprint density at radius 1 is 1.47 bits per heavy atom. The van der Waals surface area contributed by atoms with Gasteiger partial charge < -0.3 is 14.7 Å². The van der Waals surface area contributed by atoms with Crippen LogP contribution >= 0.6 is 0 Å². The second-order valence-corrected chi connectivity index (χ2v) is 4.73. The molecule has 98 valence electrons. The Morgan fingerprint density at radius 2 is 2.18 bits per heavy atom. The van der Waals surface area contributed by atoms with Crippen LogP contribution in [0.15, 0.2) is 0 Å². The van der Waals surface area contributed by atoms with E-state index < -0.39 is 11.4 Å². The number of aliphatic carboxylic acids is 1. The molecule has 1 unspecified atom stereocenters. The summed E-state index contributed by atoms with van der Waals surface area (Å²) in [5.74, 6) is -0.828. The van der Waals surface area contributed by atoms with Crippen LogP contribution in [0, 0.1) is 5.41 Å². The van der Waals surface area contributed by atoms with E-state index in [9.17, 15) is 9.59 Å². The number of rotatable bonds is 5. The van der Waals surface area contributed by atoms with Gasteiger partial charge in [-0.1, -0.05) is 0 Å².